The molecule has 2 heterocycles. The van der Waals surface area contributed by atoms with Crippen LogP contribution < -0.4 is 11.1 Å². The van der Waals surface area contributed by atoms with Gasteiger partial charge in [-0.15, -0.1) is 0 Å². The highest BCUT2D eigenvalue weighted by molar-refractivity contribution is 7.89. The third-order valence-electron chi connectivity index (χ3n) is 4.77. The maximum Gasteiger partial charge on any atom is 0.244 e. The zero-order valence-electron chi connectivity index (χ0n) is 15.7. The number of carbonyl (C=O) groups excluding carboxylic acids is 1. The van der Waals surface area contributed by atoms with Gasteiger partial charge in [0.1, 0.15) is 5.82 Å². The van der Waals surface area contributed by atoms with Crippen molar-refractivity contribution in [3.05, 3.63) is 60.7 Å². The van der Waals surface area contributed by atoms with E-state index in [4.69, 9.17) is 5.73 Å². The summed E-state index contributed by atoms with van der Waals surface area (Å²) in [5, 5.41) is 2.60. The van der Waals surface area contributed by atoms with Gasteiger partial charge in [0.15, 0.2) is 0 Å². The molecule has 3 aromatic rings. The molecule has 0 bridgehead atoms. The summed E-state index contributed by atoms with van der Waals surface area (Å²) < 4.78 is 42.3. The number of rotatable bonds is 4. The minimum atomic E-state index is -3.94. The first-order valence-corrected chi connectivity index (χ1v) is 10.5. The molecule has 1 aromatic heterocycles. The lowest BCUT2D eigenvalue weighted by Gasteiger charge is -2.26. The monoisotopic (exact) mass is 427 g/mol. The standard InChI is InChI=1S/C20H18FN5O3S/c21-17-9-13(5-6-15(17)14-10-24-20(22)25-11-14)16-3-1-2-4-18(16)30(28,29)26-8-7-23-19(27)12-26/h1-6,9-11H,7-8,12H2,(H,23,27)(H2,22,24,25). The maximum atomic E-state index is 14.9. The number of anilines is 1. The molecule has 30 heavy (non-hydrogen) atoms. The van der Waals surface area contributed by atoms with E-state index in [1.54, 1.807) is 24.3 Å². The number of carbonyl (C=O) groups is 1. The van der Waals surface area contributed by atoms with Crippen molar-refractivity contribution < 1.29 is 17.6 Å². The second-order valence-electron chi connectivity index (χ2n) is 6.71. The Labute approximate surface area is 172 Å². The smallest absolute Gasteiger partial charge is 0.244 e. The molecule has 0 atom stereocenters. The van der Waals surface area contributed by atoms with E-state index in [9.17, 15) is 17.6 Å². The second kappa shape index (κ2) is 7.81. The SMILES string of the molecule is Nc1ncc(-c2ccc(-c3ccccc3S(=O)(=O)N3CCNC(=O)C3)cc2F)cn1. The van der Waals surface area contributed by atoms with Crippen LogP contribution in [0.25, 0.3) is 22.3 Å². The quantitative estimate of drug-likeness (QED) is 0.654. The maximum absolute atomic E-state index is 14.9. The van der Waals surface area contributed by atoms with Crippen LogP contribution in [0.3, 0.4) is 0 Å². The normalized spacial score (nSPS) is 15.0. The number of nitrogens with zero attached hydrogens (tertiary/aromatic N) is 3. The molecule has 0 radical (unpaired) electrons. The Balaban J connectivity index is 1.74. The fourth-order valence-corrected chi connectivity index (χ4v) is 4.89. The average molecular weight is 427 g/mol. The molecule has 1 fully saturated rings. The Bertz CT molecular complexity index is 1220. The van der Waals surface area contributed by atoms with Crippen molar-refractivity contribution in [2.24, 2.45) is 0 Å². The highest BCUT2D eigenvalue weighted by Gasteiger charge is 2.31. The van der Waals surface area contributed by atoms with Crippen molar-refractivity contribution in [2.45, 2.75) is 4.90 Å². The lowest BCUT2D eigenvalue weighted by molar-refractivity contribution is -0.122. The third-order valence-corrected chi connectivity index (χ3v) is 6.67. The van der Waals surface area contributed by atoms with Crippen LogP contribution in [-0.4, -0.2) is 48.2 Å². The van der Waals surface area contributed by atoms with Gasteiger partial charge >= 0.3 is 0 Å². The van der Waals surface area contributed by atoms with Crippen LogP contribution in [0.4, 0.5) is 10.3 Å². The van der Waals surface area contributed by atoms with Crippen LogP contribution in [0.15, 0.2) is 59.8 Å². The Hall–Kier alpha value is -3.37. The number of nitrogen functional groups attached to an aromatic ring is 1. The van der Waals surface area contributed by atoms with E-state index >= 15 is 0 Å². The van der Waals surface area contributed by atoms with E-state index in [1.165, 1.54) is 30.6 Å². The van der Waals surface area contributed by atoms with Gasteiger partial charge in [0.2, 0.25) is 21.9 Å². The van der Waals surface area contributed by atoms with Gasteiger partial charge < -0.3 is 11.1 Å². The predicted octanol–water partition coefficient (Wildman–Crippen LogP) is 1.65. The first-order chi connectivity index (χ1) is 14.4. The highest BCUT2D eigenvalue weighted by atomic mass is 32.2. The zero-order valence-corrected chi connectivity index (χ0v) is 16.6. The molecule has 3 N–H and O–H groups in total. The van der Waals surface area contributed by atoms with Crippen molar-refractivity contribution in [3.8, 4) is 22.3 Å². The van der Waals surface area contributed by atoms with E-state index in [0.29, 0.717) is 16.7 Å². The largest absolute Gasteiger partial charge is 0.368 e. The van der Waals surface area contributed by atoms with E-state index in [-0.39, 0.29) is 41.9 Å². The fraction of sp³-hybridized carbons (Fsp3) is 0.150. The molecule has 0 saturated carbocycles. The molecule has 154 valence electrons. The number of hydrogen-bond donors (Lipinski definition) is 2. The topological polar surface area (TPSA) is 118 Å². The van der Waals surface area contributed by atoms with E-state index < -0.39 is 15.8 Å². The number of hydrogen-bond acceptors (Lipinski definition) is 6. The molecule has 0 aliphatic carbocycles. The number of nitrogens with one attached hydrogen (secondary N) is 1. The van der Waals surface area contributed by atoms with Crippen LogP contribution in [0, 0.1) is 5.82 Å². The number of aromatic nitrogens is 2. The molecule has 4 rings (SSSR count). The van der Waals surface area contributed by atoms with E-state index in [1.807, 2.05) is 0 Å². The van der Waals surface area contributed by atoms with E-state index in [0.717, 1.165) is 4.31 Å². The molecular weight excluding hydrogens is 409 g/mol. The fourth-order valence-electron chi connectivity index (χ4n) is 3.28. The van der Waals surface area contributed by atoms with Gasteiger partial charge in [-0.05, 0) is 17.7 Å². The summed E-state index contributed by atoms with van der Waals surface area (Å²) in [7, 11) is -3.94. The minimum Gasteiger partial charge on any atom is -0.368 e. The molecule has 1 amide bonds. The number of amides is 1. The molecule has 2 aromatic carbocycles. The molecule has 8 nitrogen and oxygen atoms in total. The minimum absolute atomic E-state index is 0.0164. The summed E-state index contributed by atoms with van der Waals surface area (Å²) in [5.74, 6) is -0.824. The third kappa shape index (κ3) is 3.74. The lowest BCUT2D eigenvalue weighted by Crippen LogP contribution is -2.49. The molecule has 0 spiro atoms. The van der Waals surface area contributed by atoms with Crippen molar-refractivity contribution in [1.82, 2.24) is 19.6 Å². The van der Waals surface area contributed by atoms with Crippen LogP contribution in [0.1, 0.15) is 0 Å². The molecule has 0 unspecified atom stereocenters. The number of nitrogens with two attached hydrogens (primary N) is 1. The first kappa shape index (κ1) is 19.9. The number of piperazine rings is 1. The summed E-state index contributed by atoms with van der Waals surface area (Å²) in [6.45, 7) is 0.168. The average Bonchev–Trinajstić information content (AvgIpc) is 2.74. The zero-order chi connectivity index (χ0) is 21.3. The summed E-state index contributed by atoms with van der Waals surface area (Å²) >= 11 is 0. The van der Waals surface area contributed by atoms with Crippen LogP contribution in [0.5, 0.6) is 0 Å². The predicted molar refractivity (Wildman–Crippen MR) is 109 cm³/mol. The Morgan fingerprint density at radius 3 is 2.47 bits per heavy atom. The Morgan fingerprint density at radius 2 is 1.77 bits per heavy atom. The van der Waals surface area contributed by atoms with Crippen LogP contribution in [0.2, 0.25) is 0 Å². The molecular formula is C20H18FN5O3S. The molecule has 1 aliphatic heterocycles. The van der Waals surface area contributed by atoms with Gasteiger partial charge in [0.05, 0.1) is 11.4 Å². The van der Waals surface area contributed by atoms with Gasteiger partial charge in [-0.3, -0.25) is 4.79 Å². The second-order valence-corrected chi connectivity index (χ2v) is 8.62. The van der Waals surface area contributed by atoms with E-state index in [2.05, 4.69) is 15.3 Å². The Kier molecular flexibility index (Phi) is 5.18. The number of halogens is 1. The highest BCUT2D eigenvalue weighted by Crippen LogP contribution is 2.32. The van der Waals surface area contributed by atoms with Crippen LogP contribution in [-0.2, 0) is 14.8 Å². The van der Waals surface area contributed by atoms with Crippen LogP contribution >= 0.6 is 0 Å². The Morgan fingerprint density at radius 1 is 1.03 bits per heavy atom. The molecule has 1 aliphatic rings. The lowest BCUT2D eigenvalue weighted by atomic mass is 10.0. The van der Waals surface area contributed by atoms with Crippen molar-refractivity contribution in [1.29, 1.82) is 0 Å². The summed E-state index contributed by atoms with van der Waals surface area (Å²) in [5.41, 5.74) is 6.94. The molecule has 10 heteroatoms. The van der Waals surface area contributed by atoms with Gasteiger partial charge in [0.25, 0.3) is 0 Å². The summed E-state index contributed by atoms with van der Waals surface area (Å²) in [6.07, 6.45) is 2.83. The van der Waals surface area contributed by atoms with Gasteiger partial charge in [-0.2, -0.15) is 4.31 Å². The number of sulfonamides is 1. The summed E-state index contributed by atoms with van der Waals surface area (Å²) in [4.78, 5) is 19.4. The molecule has 1 saturated heterocycles. The summed E-state index contributed by atoms with van der Waals surface area (Å²) in [6, 6.07) is 10.8. The van der Waals surface area contributed by atoms with Crippen molar-refractivity contribution in [3.63, 3.8) is 0 Å². The van der Waals surface area contributed by atoms with Gasteiger partial charge in [0, 0.05) is 42.2 Å². The van der Waals surface area contributed by atoms with Crippen molar-refractivity contribution in [2.75, 3.05) is 25.4 Å². The van der Waals surface area contributed by atoms with Gasteiger partial charge in [-0.25, -0.2) is 22.8 Å². The first-order valence-electron chi connectivity index (χ1n) is 9.10. The number of benzene rings is 2. The van der Waals surface area contributed by atoms with Gasteiger partial charge in [-0.1, -0.05) is 30.3 Å². The van der Waals surface area contributed by atoms with Crippen molar-refractivity contribution >= 4 is 21.9 Å².